The lowest BCUT2D eigenvalue weighted by atomic mass is 9.67. The first-order chi connectivity index (χ1) is 11.1. The van der Waals surface area contributed by atoms with Gasteiger partial charge in [0, 0.05) is 19.8 Å². The van der Waals surface area contributed by atoms with Crippen LogP contribution in [0, 0.1) is 5.92 Å². The normalized spacial score (nSPS) is 24.3. The van der Waals surface area contributed by atoms with E-state index in [-0.39, 0.29) is 5.97 Å². The third-order valence-corrected chi connectivity index (χ3v) is 5.24. The molecule has 0 bridgehead atoms. The van der Waals surface area contributed by atoms with Crippen LogP contribution in [0.4, 0.5) is 0 Å². The van der Waals surface area contributed by atoms with Gasteiger partial charge in [0.2, 0.25) is 0 Å². The van der Waals surface area contributed by atoms with Crippen molar-refractivity contribution in [2.24, 2.45) is 5.92 Å². The Morgan fingerprint density at radius 3 is 2.57 bits per heavy atom. The second-order valence-electron chi connectivity index (χ2n) is 6.67. The molecule has 3 nitrogen and oxygen atoms in total. The van der Waals surface area contributed by atoms with E-state index in [2.05, 4.69) is 19.1 Å². The van der Waals surface area contributed by atoms with Crippen LogP contribution in [0.5, 0.6) is 5.75 Å². The number of carbonyl (C=O) groups excluding carboxylic acids is 2. The summed E-state index contributed by atoms with van der Waals surface area (Å²) in [5.74, 6) is 1.78. The number of Topliss-reactive ketones (excluding diaryl/α,β-unsaturated/α-hetero) is 1. The maximum absolute atomic E-state index is 11.7. The highest BCUT2D eigenvalue weighted by Gasteiger charge is 2.33. The Hall–Kier alpha value is -1.90. The number of hydrogen-bond acceptors (Lipinski definition) is 3. The van der Waals surface area contributed by atoms with E-state index >= 15 is 0 Å². The minimum Gasteiger partial charge on any atom is -0.427 e. The Labute approximate surface area is 137 Å². The fourth-order valence-corrected chi connectivity index (χ4v) is 4.24. The number of hydrogen-bond donors (Lipinski definition) is 0. The average molecular weight is 312 g/mol. The Morgan fingerprint density at radius 2 is 1.91 bits per heavy atom. The second-order valence-corrected chi connectivity index (χ2v) is 6.67. The van der Waals surface area contributed by atoms with Crippen molar-refractivity contribution in [3.05, 3.63) is 41.0 Å². The molecule has 3 rings (SSSR count). The third-order valence-electron chi connectivity index (χ3n) is 5.24. The Bertz CT molecular complexity index is 639. The molecular weight excluding hydrogens is 288 g/mol. The summed E-state index contributed by atoms with van der Waals surface area (Å²) in [6, 6.07) is 7.95. The van der Waals surface area contributed by atoms with Gasteiger partial charge in [-0.3, -0.25) is 9.59 Å². The molecule has 0 fully saturated rings. The van der Waals surface area contributed by atoms with E-state index in [0.717, 1.165) is 25.7 Å². The summed E-state index contributed by atoms with van der Waals surface area (Å²) in [7, 11) is 0. The van der Waals surface area contributed by atoms with Gasteiger partial charge in [0.1, 0.15) is 11.5 Å². The van der Waals surface area contributed by atoms with E-state index in [9.17, 15) is 9.59 Å². The van der Waals surface area contributed by atoms with Crippen molar-refractivity contribution in [1.29, 1.82) is 0 Å². The fourth-order valence-electron chi connectivity index (χ4n) is 4.24. The van der Waals surface area contributed by atoms with Crippen LogP contribution < -0.4 is 4.74 Å². The monoisotopic (exact) mass is 312 g/mol. The SMILES string of the molecule is CCC1C2=C(CCC1c1ccc(OC(C)=O)cc1)CC(=O)CC2. The molecule has 2 aliphatic rings. The topological polar surface area (TPSA) is 43.4 Å². The molecule has 0 N–H and O–H groups in total. The lowest BCUT2D eigenvalue weighted by Crippen LogP contribution is -2.25. The molecule has 2 unspecified atom stereocenters. The minimum atomic E-state index is -0.288. The van der Waals surface area contributed by atoms with Crippen LogP contribution in [0.1, 0.15) is 63.9 Å². The van der Waals surface area contributed by atoms with Crippen LogP contribution in [-0.4, -0.2) is 11.8 Å². The van der Waals surface area contributed by atoms with Gasteiger partial charge in [0.05, 0.1) is 0 Å². The second kappa shape index (κ2) is 6.69. The van der Waals surface area contributed by atoms with Crippen molar-refractivity contribution in [3.63, 3.8) is 0 Å². The molecule has 3 heteroatoms. The summed E-state index contributed by atoms with van der Waals surface area (Å²) in [4.78, 5) is 22.7. The van der Waals surface area contributed by atoms with Gasteiger partial charge in [-0.25, -0.2) is 0 Å². The van der Waals surface area contributed by atoms with Crippen molar-refractivity contribution in [1.82, 2.24) is 0 Å². The number of carbonyl (C=O) groups is 2. The molecule has 2 atom stereocenters. The van der Waals surface area contributed by atoms with Crippen molar-refractivity contribution >= 4 is 11.8 Å². The lowest BCUT2D eigenvalue weighted by Gasteiger charge is -2.37. The highest BCUT2D eigenvalue weighted by Crippen LogP contribution is 2.47. The van der Waals surface area contributed by atoms with Crippen LogP contribution in [0.25, 0.3) is 0 Å². The molecule has 0 heterocycles. The van der Waals surface area contributed by atoms with Gasteiger partial charge in [0.25, 0.3) is 0 Å². The quantitative estimate of drug-likeness (QED) is 0.466. The van der Waals surface area contributed by atoms with Gasteiger partial charge in [-0.1, -0.05) is 30.2 Å². The minimum absolute atomic E-state index is 0.288. The molecule has 0 saturated carbocycles. The molecule has 1 aromatic carbocycles. The fraction of sp³-hybridized carbons (Fsp3) is 0.500. The van der Waals surface area contributed by atoms with Gasteiger partial charge in [-0.15, -0.1) is 0 Å². The standard InChI is InChI=1S/C20H24O3/c1-3-18-19(10-6-15-12-16(22)7-11-20(15)18)14-4-8-17(9-5-14)23-13(2)21/h4-5,8-9,18-19H,3,6-7,10-12H2,1-2H3. The first-order valence-corrected chi connectivity index (χ1v) is 8.59. The van der Waals surface area contributed by atoms with Gasteiger partial charge >= 0.3 is 5.97 Å². The third kappa shape index (κ3) is 3.39. The summed E-state index contributed by atoms with van der Waals surface area (Å²) < 4.78 is 5.12. The van der Waals surface area contributed by atoms with Crippen LogP contribution in [0.3, 0.4) is 0 Å². The summed E-state index contributed by atoms with van der Waals surface area (Å²) >= 11 is 0. The molecule has 0 aliphatic heterocycles. The predicted molar refractivity (Wildman–Crippen MR) is 89.4 cm³/mol. The van der Waals surface area contributed by atoms with Gasteiger partial charge in [0.15, 0.2) is 0 Å². The van der Waals surface area contributed by atoms with Gasteiger partial charge in [-0.2, -0.15) is 0 Å². The predicted octanol–water partition coefficient (Wildman–Crippen LogP) is 4.57. The smallest absolute Gasteiger partial charge is 0.308 e. The molecule has 0 spiro atoms. The van der Waals surface area contributed by atoms with Crippen molar-refractivity contribution in [2.75, 3.05) is 0 Å². The number of benzene rings is 1. The molecule has 2 aliphatic carbocycles. The summed E-state index contributed by atoms with van der Waals surface area (Å²) in [6.45, 7) is 3.66. The highest BCUT2D eigenvalue weighted by atomic mass is 16.5. The molecule has 0 radical (unpaired) electrons. The number of allylic oxidation sites excluding steroid dienone is 2. The first-order valence-electron chi connectivity index (χ1n) is 8.59. The zero-order valence-electron chi connectivity index (χ0n) is 13.9. The van der Waals surface area contributed by atoms with E-state index < -0.39 is 0 Å². The van der Waals surface area contributed by atoms with Gasteiger partial charge in [-0.05, 0) is 55.2 Å². The molecule has 0 saturated heterocycles. The molecule has 1 aromatic rings. The van der Waals surface area contributed by atoms with Crippen LogP contribution >= 0.6 is 0 Å². The first kappa shape index (κ1) is 16.0. The van der Waals surface area contributed by atoms with Crippen molar-refractivity contribution in [2.45, 2.75) is 58.3 Å². The van der Waals surface area contributed by atoms with E-state index in [1.54, 1.807) is 5.57 Å². The largest absolute Gasteiger partial charge is 0.427 e. The Morgan fingerprint density at radius 1 is 1.17 bits per heavy atom. The zero-order valence-corrected chi connectivity index (χ0v) is 13.9. The number of ether oxygens (including phenoxy) is 1. The van der Waals surface area contributed by atoms with Gasteiger partial charge < -0.3 is 4.74 Å². The van der Waals surface area contributed by atoms with E-state index in [4.69, 9.17) is 4.74 Å². The summed E-state index contributed by atoms with van der Waals surface area (Å²) in [6.07, 6.45) is 5.63. The molecular formula is C20H24O3. The van der Waals surface area contributed by atoms with Crippen molar-refractivity contribution < 1.29 is 14.3 Å². The average Bonchev–Trinajstić information content (AvgIpc) is 2.54. The zero-order chi connectivity index (χ0) is 16.4. The van der Waals surface area contributed by atoms with E-state index in [1.165, 1.54) is 18.1 Å². The number of rotatable bonds is 3. The van der Waals surface area contributed by atoms with E-state index in [0.29, 0.717) is 36.2 Å². The van der Waals surface area contributed by atoms with Crippen molar-refractivity contribution in [3.8, 4) is 5.75 Å². The summed E-state index contributed by atoms with van der Waals surface area (Å²) in [5, 5.41) is 0. The molecule has 122 valence electrons. The Kier molecular flexibility index (Phi) is 4.65. The lowest BCUT2D eigenvalue weighted by molar-refractivity contribution is -0.131. The number of esters is 1. The molecule has 0 amide bonds. The maximum atomic E-state index is 11.7. The van der Waals surface area contributed by atoms with Crippen LogP contribution in [0.15, 0.2) is 35.4 Å². The van der Waals surface area contributed by atoms with Crippen LogP contribution in [-0.2, 0) is 9.59 Å². The molecule has 23 heavy (non-hydrogen) atoms. The summed E-state index contributed by atoms with van der Waals surface area (Å²) in [5.41, 5.74) is 4.28. The molecule has 0 aromatic heterocycles. The number of ketones is 1. The van der Waals surface area contributed by atoms with E-state index in [1.807, 2.05) is 12.1 Å². The maximum Gasteiger partial charge on any atom is 0.308 e. The Balaban J connectivity index is 1.83. The highest BCUT2D eigenvalue weighted by molar-refractivity contribution is 5.82. The van der Waals surface area contributed by atoms with Crippen LogP contribution in [0.2, 0.25) is 0 Å².